The molecule has 0 amide bonds. The second-order valence-corrected chi connectivity index (χ2v) is 34.9. The van der Waals surface area contributed by atoms with Gasteiger partial charge < -0.3 is 32.6 Å². The van der Waals surface area contributed by atoms with Gasteiger partial charge >= 0.3 is 44.8 Å². The third-order valence-electron chi connectivity index (χ3n) is 22.3. The number of anilines is 6. The number of aryl methyl sites for hydroxylation is 3. The molecule has 1 aliphatic carbocycles. The van der Waals surface area contributed by atoms with Crippen LogP contribution in [0.2, 0.25) is 0 Å². The topological polar surface area (TPSA) is 32.3 Å². The van der Waals surface area contributed by atoms with E-state index in [4.69, 9.17) is 22.8 Å². The number of nitrogens with zero attached hydrogens (tertiary/aromatic N) is 4. The molecule has 4 heterocycles. The van der Waals surface area contributed by atoms with Crippen molar-refractivity contribution in [3.8, 4) is 113 Å². The van der Waals surface area contributed by atoms with Crippen LogP contribution < -0.4 is 9.80 Å². The molecule has 0 bridgehead atoms. The van der Waals surface area contributed by atoms with E-state index >= 15 is 0 Å². The molecule has 18 rings (SSSR count). The zero-order valence-corrected chi connectivity index (χ0v) is 73.6. The third kappa shape index (κ3) is 16.4. The summed E-state index contributed by atoms with van der Waals surface area (Å²) in [5, 5.41) is 2.27. The zero-order valence-electron chi connectivity index (χ0n) is 67.7. The Morgan fingerprint density at radius 1 is 0.331 bits per heavy atom. The number of benzene rings is 13. The second kappa shape index (κ2) is 33.7. The summed E-state index contributed by atoms with van der Waals surface area (Å²) in [6.45, 7) is 24.4. The van der Waals surface area contributed by atoms with Crippen LogP contribution in [0, 0.1) is 69.7 Å². The van der Waals surface area contributed by atoms with E-state index in [1.54, 1.807) is 22.7 Å². The average molecular weight is 1920 g/mol. The minimum Gasteiger partial charge on any atom is -0.365 e. The Kier molecular flexibility index (Phi) is 23.3. The van der Waals surface area contributed by atoms with Crippen molar-refractivity contribution in [2.45, 2.75) is 92.4 Å². The fourth-order valence-corrected chi connectivity index (χ4v) is 17.9. The predicted octanol–water partition coefficient (Wildman–Crippen LogP) is 29.8. The minimum absolute atomic E-state index is 0. The molecule has 4 aromatic heterocycles. The summed E-state index contributed by atoms with van der Waals surface area (Å²) in [4.78, 5) is 16.7. The van der Waals surface area contributed by atoms with Crippen LogP contribution in [0.5, 0.6) is 0 Å². The Balaban J connectivity index is 0.000000183. The van der Waals surface area contributed by atoms with Crippen LogP contribution >= 0.6 is 22.7 Å². The molecular weight excluding hydrogens is 1840 g/mol. The maximum Gasteiger partial charge on any atom is 3.00 e. The molecule has 0 spiro atoms. The molecular formula is C110H84Au2N4S2. The number of rotatable bonds is 14. The van der Waals surface area contributed by atoms with Gasteiger partial charge in [-0.3, -0.25) is 11.8 Å². The van der Waals surface area contributed by atoms with Crippen LogP contribution in [0.15, 0.2) is 309 Å². The Morgan fingerprint density at radius 2 is 0.703 bits per heavy atom. The van der Waals surface area contributed by atoms with Crippen LogP contribution in [0.4, 0.5) is 34.1 Å². The SMILES string of the molecule is [Au+3].[Au+3].[C-]#Cc1sc2ccccc2c1-c1cccc(N(c2c[c-]c(-c3cc(-c4ccc(C(C)(C)C)cc4)cc(-c4[c-]cc(C)cc4)n3)cc2)c2ccc(C)cc2)c1.[C-]#Cc1sc2ccccc2c1-c1cccc(N(c2c[c-]c(-c3cc(-c4ccc(C(C)(C)C)cc4)cc(-c4[c-]cc(C)cc4)n3)cc2)c2ccc3c(c2)C(C)(C)c2ccccc2-3)c1. The average Bonchev–Trinajstić information content (AvgIpc) is 1.57. The van der Waals surface area contributed by atoms with E-state index < -0.39 is 0 Å². The second-order valence-electron chi connectivity index (χ2n) is 32.7. The first-order valence-electron chi connectivity index (χ1n) is 39.4. The first-order chi connectivity index (χ1) is 56.1. The maximum atomic E-state index is 8.23. The molecule has 0 N–H and O–H groups in total. The maximum absolute atomic E-state index is 8.23. The summed E-state index contributed by atoms with van der Waals surface area (Å²) in [6.07, 6.45) is 16.3. The van der Waals surface area contributed by atoms with Gasteiger partial charge in [-0.05, 0) is 190 Å². The largest absolute Gasteiger partial charge is 3.00 e. The first kappa shape index (κ1) is 81.4. The Bertz CT molecular complexity index is 6640. The van der Waals surface area contributed by atoms with Crippen molar-refractivity contribution < 1.29 is 44.8 Å². The van der Waals surface area contributed by atoms with E-state index in [2.05, 4.69) is 413 Å². The Labute approximate surface area is 735 Å². The van der Waals surface area contributed by atoms with Crippen LogP contribution in [0.25, 0.3) is 121 Å². The van der Waals surface area contributed by atoms with Gasteiger partial charge in [0.15, 0.2) is 0 Å². The van der Waals surface area contributed by atoms with Crippen molar-refractivity contribution in [2.24, 2.45) is 0 Å². The monoisotopic (exact) mass is 1920 g/mol. The number of pyridine rings is 2. The summed E-state index contributed by atoms with van der Waals surface area (Å²) < 4.78 is 2.30. The van der Waals surface area contributed by atoms with Gasteiger partial charge in [0.25, 0.3) is 0 Å². The molecule has 118 heavy (non-hydrogen) atoms. The first-order valence-corrected chi connectivity index (χ1v) is 41.0. The van der Waals surface area contributed by atoms with Crippen LogP contribution in [0.1, 0.15) is 104 Å². The van der Waals surface area contributed by atoms with Gasteiger partial charge in [0, 0.05) is 37.6 Å². The van der Waals surface area contributed by atoms with Crippen molar-refractivity contribution in [1.82, 2.24) is 9.97 Å². The molecule has 578 valence electrons. The van der Waals surface area contributed by atoms with Gasteiger partial charge in [-0.25, -0.2) is 22.7 Å². The molecule has 0 unspecified atom stereocenters. The standard InChI is InChI=1S/C59H45N2S.C51H39N2S.2Au/c1-8-55-57(50-17-10-12-19-56(50)62-55)42-14-13-15-46(34-42)61(47-32-33-49-48-16-9-11-18-51(48)59(6,7)52(49)37-47)45-30-26-41(27-31-45)54-36-43(39-24-28-44(29-25-39)58(3,4)5)35-53(60-54)40-22-20-38(2)21-23-40;1-7-48-50(45-13-8-9-14-49(45)54-48)39-11-10-12-44(31-39)53(42-27-17-35(3)18-28-42)43-29-23-38(24-30-43)47-33-40(36-21-25-41(26-22-36)51(4,5)6)32-46(52-47)37-19-15-34(2)16-20-37;;/h9-22,24-26,28-37H,2-7H3;8-19,21-23,25-33H,2-6H3;;/q2*-3;2*+3. The van der Waals surface area contributed by atoms with Gasteiger partial charge in [-0.2, -0.15) is 0 Å². The predicted molar refractivity (Wildman–Crippen MR) is 489 cm³/mol. The molecule has 1 aliphatic rings. The smallest absolute Gasteiger partial charge is 0.365 e. The fraction of sp³-hybridized carbons (Fsp3) is 0.127. The van der Waals surface area contributed by atoms with Crippen LogP contribution in [0.3, 0.4) is 0 Å². The molecule has 0 aliphatic heterocycles. The summed E-state index contributed by atoms with van der Waals surface area (Å²) in [7, 11) is 0. The van der Waals surface area contributed by atoms with E-state index in [0.29, 0.717) is 0 Å². The Hall–Kier alpha value is -11.7. The summed E-state index contributed by atoms with van der Waals surface area (Å²) in [5.74, 6) is 5.45. The molecule has 0 radical (unpaired) electrons. The fourth-order valence-electron chi connectivity index (χ4n) is 15.9. The van der Waals surface area contributed by atoms with E-state index in [-0.39, 0.29) is 61.0 Å². The molecule has 4 nitrogen and oxygen atoms in total. The number of thiophene rings is 2. The van der Waals surface area contributed by atoms with Gasteiger partial charge in [-0.1, -0.05) is 272 Å². The third-order valence-corrected chi connectivity index (χ3v) is 24.5. The summed E-state index contributed by atoms with van der Waals surface area (Å²) in [6, 6.07) is 124. The quantitative estimate of drug-likeness (QED) is 0.0617. The van der Waals surface area contributed by atoms with Crippen LogP contribution in [-0.2, 0) is 61.0 Å². The van der Waals surface area contributed by atoms with E-state index in [9.17, 15) is 0 Å². The van der Waals surface area contributed by atoms with Crippen molar-refractivity contribution in [3.63, 3.8) is 0 Å². The number of hydrogen-bond donors (Lipinski definition) is 0. The molecule has 0 saturated heterocycles. The molecule has 17 aromatic rings. The molecule has 0 atom stereocenters. The molecule has 8 heteroatoms. The van der Waals surface area contributed by atoms with Gasteiger partial charge in [-0.15, -0.1) is 130 Å². The van der Waals surface area contributed by atoms with Crippen molar-refractivity contribution in [1.29, 1.82) is 0 Å². The van der Waals surface area contributed by atoms with Gasteiger partial charge in [0.05, 0.1) is 0 Å². The number of aromatic nitrogens is 2. The van der Waals surface area contributed by atoms with Crippen molar-refractivity contribution in [3.05, 3.63) is 395 Å². The van der Waals surface area contributed by atoms with E-state index in [0.717, 1.165) is 165 Å². The van der Waals surface area contributed by atoms with Crippen molar-refractivity contribution >= 4 is 77.0 Å². The summed E-state index contributed by atoms with van der Waals surface area (Å²) >= 11 is 3.21. The number of hydrogen-bond acceptors (Lipinski definition) is 6. The van der Waals surface area contributed by atoms with E-state index in [1.807, 2.05) is 18.2 Å². The zero-order chi connectivity index (χ0) is 80.2. The van der Waals surface area contributed by atoms with Gasteiger partial charge in [0.2, 0.25) is 0 Å². The molecule has 0 fully saturated rings. The normalized spacial score (nSPS) is 11.9. The van der Waals surface area contributed by atoms with Gasteiger partial charge in [0.1, 0.15) is 0 Å². The summed E-state index contributed by atoms with van der Waals surface area (Å²) in [5.41, 5.74) is 33.3. The van der Waals surface area contributed by atoms with Crippen molar-refractivity contribution in [2.75, 3.05) is 9.80 Å². The van der Waals surface area contributed by atoms with Crippen LogP contribution in [-0.4, -0.2) is 9.97 Å². The number of fused-ring (bicyclic) bond motifs is 5. The molecule has 0 saturated carbocycles. The molecule has 13 aromatic carbocycles. The van der Waals surface area contributed by atoms with E-state index in [1.165, 1.54) is 38.9 Å². The Morgan fingerprint density at radius 3 is 1.12 bits per heavy atom. The minimum atomic E-state index is -0.161.